The second-order valence-electron chi connectivity index (χ2n) is 5.75. The van der Waals surface area contributed by atoms with E-state index in [4.69, 9.17) is 0 Å². The molecule has 140 valence electrons. The summed E-state index contributed by atoms with van der Waals surface area (Å²) < 4.78 is 42.9. The van der Waals surface area contributed by atoms with Crippen molar-refractivity contribution in [3.8, 4) is 0 Å². The lowest BCUT2D eigenvalue weighted by Crippen LogP contribution is -2.15. The first-order chi connectivity index (χ1) is 12.8. The summed E-state index contributed by atoms with van der Waals surface area (Å²) in [4.78, 5) is 23.9. The van der Waals surface area contributed by atoms with Crippen LogP contribution in [-0.2, 0) is 22.1 Å². The van der Waals surface area contributed by atoms with E-state index in [0.29, 0.717) is 16.6 Å². The van der Waals surface area contributed by atoms with Crippen molar-refractivity contribution in [2.75, 3.05) is 12.4 Å². The van der Waals surface area contributed by atoms with Crippen molar-refractivity contribution in [2.24, 2.45) is 0 Å². The summed E-state index contributed by atoms with van der Waals surface area (Å²) in [6.07, 6.45) is -4.69. The number of nitrogens with one attached hydrogen (secondary N) is 2. The Balaban J connectivity index is 1.77. The Bertz CT molecular complexity index is 1010. The number of hydrogen-bond donors (Lipinski definition) is 2. The number of aromatic amines is 1. The van der Waals surface area contributed by atoms with Gasteiger partial charge in [0, 0.05) is 11.1 Å². The molecular formula is C18H14F3N3O3. The molecule has 0 fully saturated rings. The fourth-order valence-electron chi connectivity index (χ4n) is 2.59. The van der Waals surface area contributed by atoms with Gasteiger partial charge in [0.15, 0.2) is 5.69 Å². The lowest BCUT2D eigenvalue weighted by atomic mass is 10.1. The molecule has 9 heteroatoms. The van der Waals surface area contributed by atoms with Crippen molar-refractivity contribution in [1.82, 2.24) is 10.2 Å². The average molecular weight is 377 g/mol. The van der Waals surface area contributed by atoms with E-state index in [1.807, 2.05) is 0 Å². The van der Waals surface area contributed by atoms with Gasteiger partial charge in [-0.1, -0.05) is 18.2 Å². The standard InChI is InChI=1S/C18H14F3N3O3/c1-27-17(26)16-13-9-12(5-6-14(13)23-24-16)22-15(25)8-10-3-2-4-11(7-10)18(19,20)21/h2-7,9H,8H2,1H3,(H,22,25)(H,23,24). The third-order valence-corrected chi connectivity index (χ3v) is 3.84. The number of aromatic nitrogens is 2. The number of rotatable bonds is 4. The number of carbonyl (C=O) groups excluding carboxylic acids is 2. The molecule has 0 saturated carbocycles. The smallest absolute Gasteiger partial charge is 0.416 e. The molecular weight excluding hydrogens is 363 g/mol. The highest BCUT2D eigenvalue weighted by atomic mass is 19.4. The molecule has 0 aliphatic rings. The van der Waals surface area contributed by atoms with Crippen LogP contribution in [0.2, 0.25) is 0 Å². The van der Waals surface area contributed by atoms with Gasteiger partial charge in [0.1, 0.15) is 0 Å². The van der Waals surface area contributed by atoms with Crippen LogP contribution in [-0.4, -0.2) is 29.2 Å². The van der Waals surface area contributed by atoms with Crippen LogP contribution >= 0.6 is 0 Å². The predicted molar refractivity (Wildman–Crippen MR) is 91.2 cm³/mol. The third kappa shape index (κ3) is 4.08. The van der Waals surface area contributed by atoms with Crippen LogP contribution in [0.15, 0.2) is 42.5 Å². The molecule has 0 spiro atoms. The van der Waals surface area contributed by atoms with Gasteiger partial charge in [-0.05, 0) is 29.8 Å². The number of methoxy groups -OCH3 is 1. The van der Waals surface area contributed by atoms with E-state index in [1.165, 1.54) is 25.3 Å². The maximum atomic E-state index is 12.8. The van der Waals surface area contributed by atoms with Gasteiger partial charge in [0.25, 0.3) is 0 Å². The topological polar surface area (TPSA) is 84.1 Å². The van der Waals surface area contributed by atoms with Crippen molar-refractivity contribution >= 4 is 28.5 Å². The number of hydrogen-bond acceptors (Lipinski definition) is 4. The van der Waals surface area contributed by atoms with E-state index in [9.17, 15) is 22.8 Å². The number of fused-ring (bicyclic) bond motifs is 1. The van der Waals surface area contributed by atoms with Gasteiger partial charge in [-0.15, -0.1) is 0 Å². The molecule has 0 radical (unpaired) electrons. The van der Waals surface area contributed by atoms with Crippen LogP contribution in [0.3, 0.4) is 0 Å². The van der Waals surface area contributed by atoms with E-state index in [-0.39, 0.29) is 17.7 Å². The summed E-state index contributed by atoms with van der Waals surface area (Å²) in [5, 5.41) is 9.60. The largest absolute Gasteiger partial charge is 0.464 e. The third-order valence-electron chi connectivity index (χ3n) is 3.84. The Hall–Kier alpha value is -3.36. The van der Waals surface area contributed by atoms with Crippen molar-refractivity contribution in [3.63, 3.8) is 0 Å². The minimum absolute atomic E-state index is 0.0708. The lowest BCUT2D eigenvalue weighted by Gasteiger charge is -2.09. The minimum atomic E-state index is -4.47. The van der Waals surface area contributed by atoms with E-state index in [0.717, 1.165) is 12.1 Å². The van der Waals surface area contributed by atoms with Gasteiger partial charge >= 0.3 is 12.1 Å². The molecule has 2 N–H and O–H groups in total. The zero-order valence-electron chi connectivity index (χ0n) is 14.1. The summed E-state index contributed by atoms with van der Waals surface area (Å²) in [5.74, 6) is -1.12. The maximum absolute atomic E-state index is 12.8. The van der Waals surface area contributed by atoms with Crippen LogP contribution in [0.25, 0.3) is 10.9 Å². The number of esters is 1. The zero-order chi connectivity index (χ0) is 19.6. The molecule has 3 aromatic rings. The lowest BCUT2D eigenvalue weighted by molar-refractivity contribution is -0.137. The van der Waals surface area contributed by atoms with Crippen molar-refractivity contribution in [1.29, 1.82) is 0 Å². The van der Waals surface area contributed by atoms with Crippen molar-refractivity contribution < 1.29 is 27.5 Å². The van der Waals surface area contributed by atoms with Crippen LogP contribution in [0, 0.1) is 0 Å². The highest BCUT2D eigenvalue weighted by molar-refractivity contribution is 6.04. The van der Waals surface area contributed by atoms with Gasteiger partial charge in [-0.3, -0.25) is 9.89 Å². The summed E-state index contributed by atoms with van der Waals surface area (Å²) in [6.45, 7) is 0. The summed E-state index contributed by atoms with van der Waals surface area (Å²) in [5.41, 5.74) is 0.455. The first-order valence-electron chi connectivity index (χ1n) is 7.80. The normalized spacial score (nSPS) is 11.4. The molecule has 6 nitrogen and oxygen atoms in total. The first-order valence-corrected chi connectivity index (χ1v) is 7.80. The highest BCUT2D eigenvalue weighted by Gasteiger charge is 2.30. The SMILES string of the molecule is COC(=O)c1n[nH]c2ccc(NC(=O)Cc3cccc(C(F)(F)F)c3)cc12. The number of alkyl halides is 3. The Kier molecular flexibility index (Phi) is 4.85. The van der Waals surface area contributed by atoms with Crippen LogP contribution < -0.4 is 5.32 Å². The first kappa shape index (κ1) is 18.4. The van der Waals surface area contributed by atoms with Crippen LogP contribution in [0.1, 0.15) is 21.6 Å². The number of halogens is 3. The highest BCUT2D eigenvalue weighted by Crippen LogP contribution is 2.29. The number of amides is 1. The molecule has 0 bridgehead atoms. The van der Waals surface area contributed by atoms with E-state index >= 15 is 0 Å². The zero-order valence-corrected chi connectivity index (χ0v) is 14.1. The van der Waals surface area contributed by atoms with Gasteiger partial charge in [-0.25, -0.2) is 4.79 Å². The number of ether oxygens (including phenoxy) is 1. The number of H-pyrrole nitrogens is 1. The molecule has 1 aromatic heterocycles. The fourth-order valence-corrected chi connectivity index (χ4v) is 2.59. The number of benzene rings is 2. The Labute approximate surface area is 151 Å². The van der Waals surface area contributed by atoms with Gasteiger partial charge in [0.2, 0.25) is 5.91 Å². The van der Waals surface area contributed by atoms with Crippen LogP contribution in [0.5, 0.6) is 0 Å². The van der Waals surface area contributed by atoms with Crippen LogP contribution in [0.4, 0.5) is 18.9 Å². The Morgan fingerprint density at radius 1 is 1.19 bits per heavy atom. The van der Waals surface area contributed by atoms with E-state index in [1.54, 1.807) is 12.1 Å². The second kappa shape index (κ2) is 7.10. The Morgan fingerprint density at radius 2 is 1.96 bits per heavy atom. The van der Waals surface area contributed by atoms with Gasteiger partial charge in [0.05, 0.1) is 24.6 Å². The monoisotopic (exact) mass is 377 g/mol. The molecule has 0 unspecified atom stereocenters. The molecule has 3 rings (SSSR count). The average Bonchev–Trinajstić information content (AvgIpc) is 3.03. The molecule has 0 aliphatic heterocycles. The summed E-state index contributed by atoms with van der Waals surface area (Å²) in [7, 11) is 1.23. The molecule has 2 aromatic carbocycles. The number of anilines is 1. The van der Waals surface area contributed by atoms with E-state index < -0.39 is 23.6 Å². The maximum Gasteiger partial charge on any atom is 0.416 e. The van der Waals surface area contributed by atoms with Gasteiger partial charge < -0.3 is 10.1 Å². The molecule has 27 heavy (non-hydrogen) atoms. The van der Waals surface area contributed by atoms with E-state index in [2.05, 4.69) is 20.3 Å². The fraction of sp³-hybridized carbons (Fsp3) is 0.167. The molecule has 0 atom stereocenters. The van der Waals surface area contributed by atoms with Crippen molar-refractivity contribution in [2.45, 2.75) is 12.6 Å². The molecule has 0 saturated heterocycles. The minimum Gasteiger partial charge on any atom is -0.464 e. The van der Waals surface area contributed by atoms with Crippen molar-refractivity contribution in [3.05, 3.63) is 59.3 Å². The number of carbonyl (C=O) groups is 2. The van der Waals surface area contributed by atoms with Gasteiger partial charge in [-0.2, -0.15) is 18.3 Å². The molecule has 0 aliphatic carbocycles. The quantitative estimate of drug-likeness (QED) is 0.681. The summed E-state index contributed by atoms with van der Waals surface area (Å²) in [6, 6.07) is 9.33. The summed E-state index contributed by atoms with van der Waals surface area (Å²) >= 11 is 0. The molecule has 1 heterocycles. The predicted octanol–water partition coefficient (Wildman–Crippen LogP) is 3.55. The molecule has 1 amide bonds. The number of nitrogens with zero attached hydrogens (tertiary/aromatic N) is 1. The second-order valence-corrected chi connectivity index (χ2v) is 5.75. The Morgan fingerprint density at radius 3 is 2.67 bits per heavy atom.